The van der Waals surface area contributed by atoms with Crippen molar-refractivity contribution in [3.8, 4) is 34.0 Å². The molecule has 0 saturated carbocycles. The van der Waals surface area contributed by atoms with Crippen LogP contribution in [0.25, 0.3) is 77.6 Å². The normalized spacial score (nSPS) is 14.7. The van der Waals surface area contributed by atoms with Crippen LogP contribution in [0.3, 0.4) is 0 Å². The molecule has 0 bridgehead atoms. The number of hydrogen-bond donors (Lipinski definition) is 0. The van der Waals surface area contributed by atoms with Gasteiger partial charge in [-0.2, -0.15) is 0 Å². The van der Waals surface area contributed by atoms with E-state index in [4.69, 9.17) is 8.83 Å². The van der Waals surface area contributed by atoms with Crippen molar-refractivity contribution in [2.45, 2.75) is 10.8 Å². The molecule has 0 N–H and O–H groups in total. The van der Waals surface area contributed by atoms with Crippen molar-refractivity contribution in [3.05, 3.63) is 251 Å². The first-order valence-electron chi connectivity index (χ1n) is 21.4. The number of para-hydroxylation sites is 4. The van der Waals surface area contributed by atoms with E-state index in [1.54, 1.807) is 0 Å². The summed E-state index contributed by atoms with van der Waals surface area (Å²) in [7, 11) is 0. The zero-order chi connectivity index (χ0) is 40.3. The van der Waals surface area contributed by atoms with Gasteiger partial charge < -0.3 is 8.83 Å². The summed E-state index contributed by atoms with van der Waals surface area (Å²) in [6.07, 6.45) is 0. The molecule has 288 valence electrons. The van der Waals surface area contributed by atoms with E-state index in [2.05, 4.69) is 215 Å². The van der Waals surface area contributed by atoms with Crippen LogP contribution in [0.5, 0.6) is 0 Å². The minimum absolute atomic E-state index is 0.780. The number of rotatable bonds is 2. The third-order valence-electron chi connectivity index (χ3n) is 14.4. The summed E-state index contributed by atoms with van der Waals surface area (Å²) in [6, 6.07) is 75.2. The predicted molar refractivity (Wildman–Crippen MR) is 248 cm³/mol. The molecule has 0 saturated heterocycles. The highest BCUT2D eigenvalue weighted by Crippen LogP contribution is 2.69. The van der Waals surface area contributed by atoms with Gasteiger partial charge >= 0.3 is 0 Å². The molecule has 4 heteroatoms. The maximum absolute atomic E-state index is 7.85. The van der Waals surface area contributed by atoms with Crippen molar-refractivity contribution < 1.29 is 8.83 Å². The van der Waals surface area contributed by atoms with Crippen molar-refractivity contribution in [1.82, 2.24) is 9.13 Å². The van der Waals surface area contributed by atoms with Gasteiger partial charge in [0.05, 0.1) is 22.1 Å². The van der Waals surface area contributed by atoms with Crippen LogP contribution in [0, 0.1) is 0 Å². The molecular formula is C58H34N2O2. The standard InChI is InChI=1S/C58H34N2O2/c1-9-25-43-35(17-1)36-18-2-10-26-44(36)57(43)47-33-53(59-49-29-13-5-21-39(49)40-22-6-14-30-50(40)59)62-56(47)58(45-27-11-3-19-37(45)38-20-4-12-28-46(38)58)48-34-54(61-55(48)57)60-51-31-15-7-23-41(51)42-24-8-16-32-52(42)60/h1-34H. The second-order valence-corrected chi connectivity index (χ2v) is 17.1. The van der Waals surface area contributed by atoms with Gasteiger partial charge in [-0.1, -0.05) is 170 Å². The zero-order valence-corrected chi connectivity index (χ0v) is 33.3. The van der Waals surface area contributed by atoms with Crippen LogP contribution in [-0.2, 0) is 10.8 Å². The van der Waals surface area contributed by atoms with E-state index in [9.17, 15) is 0 Å². The maximum Gasteiger partial charge on any atom is 0.205 e. The Morgan fingerprint density at radius 1 is 0.274 bits per heavy atom. The highest BCUT2D eigenvalue weighted by atomic mass is 16.4. The number of fused-ring (bicyclic) bond motifs is 22. The van der Waals surface area contributed by atoms with Crippen LogP contribution < -0.4 is 0 Å². The molecule has 0 fully saturated rings. The van der Waals surface area contributed by atoms with E-state index < -0.39 is 10.8 Å². The molecule has 15 rings (SSSR count). The highest BCUT2D eigenvalue weighted by molar-refractivity contribution is 6.10. The number of furan rings is 2. The van der Waals surface area contributed by atoms with Crippen molar-refractivity contribution in [3.63, 3.8) is 0 Å². The molecule has 8 aromatic carbocycles. The molecule has 12 aromatic rings. The lowest BCUT2D eigenvalue weighted by Gasteiger charge is -2.42. The van der Waals surface area contributed by atoms with Gasteiger partial charge in [-0.05, 0) is 68.8 Å². The fourth-order valence-electron chi connectivity index (χ4n) is 12.2. The summed E-state index contributed by atoms with van der Waals surface area (Å²) in [5.74, 6) is 3.39. The van der Waals surface area contributed by atoms with Crippen LogP contribution >= 0.6 is 0 Å². The van der Waals surface area contributed by atoms with Gasteiger partial charge in [0.2, 0.25) is 11.8 Å². The van der Waals surface area contributed by atoms with E-state index in [1.807, 2.05) is 0 Å². The third-order valence-corrected chi connectivity index (χ3v) is 14.4. The summed E-state index contributed by atoms with van der Waals surface area (Å²) in [5.41, 5.74) is 14.5. The maximum atomic E-state index is 7.85. The lowest BCUT2D eigenvalue weighted by Crippen LogP contribution is -2.42. The molecule has 0 aliphatic heterocycles. The molecule has 3 aliphatic rings. The Kier molecular flexibility index (Phi) is 6.01. The molecule has 0 unspecified atom stereocenters. The van der Waals surface area contributed by atoms with Crippen LogP contribution in [0.4, 0.5) is 0 Å². The topological polar surface area (TPSA) is 36.1 Å². The van der Waals surface area contributed by atoms with E-state index >= 15 is 0 Å². The molecule has 3 aliphatic carbocycles. The predicted octanol–water partition coefficient (Wildman–Crippen LogP) is 14.1. The highest BCUT2D eigenvalue weighted by Gasteiger charge is 2.63. The third kappa shape index (κ3) is 3.65. The first kappa shape index (κ1) is 32.7. The molecular weight excluding hydrogens is 757 g/mol. The first-order valence-corrected chi connectivity index (χ1v) is 21.4. The lowest BCUT2D eigenvalue weighted by atomic mass is 9.57. The fourth-order valence-corrected chi connectivity index (χ4v) is 12.2. The van der Waals surface area contributed by atoms with Crippen molar-refractivity contribution in [2.24, 2.45) is 0 Å². The van der Waals surface area contributed by atoms with Gasteiger partial charge in [0.15, 0.2) is 0 Å². The summed E-state index contributed by atoms with van der Waals surface area (Å²) in [4.78, 5) is 0. The molecule has 62 heavy (non-hydrogen) atoms. The average Bonchev–Trinajstić information content (AvgIpc) is 4.19. The number of hydrogen-bond acceptors (Lipinski definition) is 2. The Labute approximate surface area is 356 Å². The average molecular weight is 791 g/mol. The first-order chi connectivity index (χ1) is 30.8. The summed E-state index contributed by atoms with van der Waals surface area (Å²) in [6.45, 7) is 0. The molecule has 0 amide bonds. The minimum atomic E-state index is -0.854. The van der Waals surface area contributed by atoms with Gasteiger partial charge in [-0.3, -0.25) is 9.13 Å². The van der Waals surface area contributed by atoms with Gasteiger partial charge in [0.1, 0.15) is 22.4 Å². The van der Waals surface area contributed by atoms with Gasteiger partial charge in [0, 0.05) is 44.8 Å². The molecule has 4 nitrogen and oxygen atoms in total. The van der Waals surface area contributed by atoms with E-state index in [-0.39, 0.29) is 0 Å². The molecule has 4 aromatic heterocycles. The van der Waals surface area contributed by atoms with Crippen LogP contribution in [0.2, 0.25) is 0 Å². The second-order valence-electron chi connectivity index (χ2n) is 17.1. The van der Waals surface area contributed by atoms with E-state index in [1.165, 1.54) is 66.1 Å². The van der Waals surface area contributed by atoms with Crippen molar-refractivity contribution in [1.29, 1.82) is 0 Å². The monoisotopic (exact) mass is 790 g/mol. The fraction of sp³-hybridized carbons (Fsp3) is 0.0345. The summed E-state index contributed by atoms with van der Waals surface area (Å²) < 4.78 is 20.4. The van der Waals surface area contributed by atoms with Gasteiger partial charge in [0.25, 0.3) is 0 Å². The summed E-state index contributed by atoms with van der Waals surface area (Å²) in [5, 5.41) is 4.77. The Bertz CT molecular complexity index is 3400. The Morgan fingerprint density at radius 3 is 0.839 bits per heavy atom. The van der Waals surface area contributed by atoms with Crippen molar-refractivity contribution >= 4 is 43.6 Å². The quantitative estimate of drug-likeness (QED) is 0.175. The van der Waals surface area contributed by atoms with Crippen LogP contribution in [-0.4, -0.2) is 9.13 Å². The largest absolute Gasteiger partial charge is 0.443 e. The van der Waals surface area contributed by atoms with Crippen LogP contribution in [0.1, 0.15) is 44.9 Å². The van der Waals surface area contributed by atoms with Crippen molar-refractivity contribution in [2.75, 3.05) is 0 Å². The number of nitrogens with zero attached hydrogens (tertiary/aromatic N) is 2. The molecule has 4 heterocycles. The Hall–Kier alpha value is -8.08. The zero-order valence-electron chi connectivity index (χ0n) is 33.3. The van der Waals surface area contributed by atoms with Crippen LogP contribution in [0.15, 0.2) is 215 Å². The van der Waals surface area contributed by atoms with E-state index in [0.29, 0.717) is 0 Å². The SMILES string of the molecule is c1ccc2c(c1)-c1ccccc1C21c2cc(-n3c4ccccc4c4ccccc43)oc2C2(c3ccccc3-c3ccccc32)c2cc(-n3c4ccccc4c4ccccc43)oc21. The Morgan fingerprint density at radius 2 is 0.532 bits per heavy atom. The summed E-state index contributed by atoms with van der Waals surface area (Å²) >= 11 is 0. The van der Waals surface area contributed by atoms with Gasteiger partial charge in [-0.15, -0.1) is 0 Å². The number of aromatic nitrogens is 2. The molecule has 0 atom stereocenters. The Balaban J connectivity index is 1.17. The minimum Gasteiger partial charge on any atom is -0.443 e. The van der Waals surface area contributed by atoms with E-state index in [0.717, 1.165) is 56.5 Å². The van der Waals surface area contributed by atoms with Gasteiger partial charge in [-0.25, -0.2) is 0 Å². The smallest absolute Gasteiger partial charge is 0.205 e. The molecule has 0 radical (unpaired) electrons. The molecule has 2 spiro atoms. The lowest BCUT2D eigenvalue weighted by molar-refractivity contribution is 0.394. The second kappa shape index (κ2) is 11.4. The number of benzene rings is 8.